The number of anilines is 1. The molecule has 0 radical (unpaired) electrons. The second kappa shape index (κ2) is 6.23. The molecule has 1 aromatic rings. The standard InChI is InChI=1S/C13H18Cl2N4O2/c1-13(2,3)21-12(20)17-8-4-5-19(7-8)10-9(14)6-16-11(15)18-10/h6,8H,4-5,7H2,1-3H3,(H,17,20). The van der Waals surface area contributed by atoms with Gasteiger partial charge in [-0.05, 0) is 38.8 Å². The summed E-state index contributed by atoms with van der Waals surface area (Å²) in [6.45, 7) is 6.82. The maximum atomic E-state index is 11.8. The van der Waals surface area contributed by atoms with Gasteiger partial charge < -0.3 is 15.0 Å². The minimum Gasteiger partial charge on any atom is -0.444 e. The molecule has 1 aromatic heterocycles. The first-order valence-electron chi connectivity index (χ1n) is 6.67. The Morgan fingerprint density at radius 2 is 2.19 bits per heavy atom. The van der Waals surface area contributed by atoms with Gasteiger partial charge in [-0.1, -0.05) is 11.6 Å². The lowest BCUT2D eigenvalue weighted by atomic mass is 10.2. The molecule has 2 heterocycles. The number of amides is 1. The average Bonchev–Trinajstić information content (AvgIpc) is 2.78. The van der Waals surface area contributed by atoms with E-state index in [9.17, 15) is 4.79 Å². The molecule has 0 spiro atoms. The Morgan fingerprint density at radius 1 is 1.48 bits per heavy atom. The molecule has 1 fully saturated rings. The van der Waals surface area contributed by atoms with E-state index in [0.717, 1.165) is 13.0 Å². The van der Waals surface area contributed by atoms with E-state index >= 15 is 0 Å². The van der Waals surface area contributed by atoms with Crippen molar-refractivity contribution >= 4 is 35.1 Å². The van der Waals surface area contributed by atoms with Crippen molar-refractivity contribution in [2.24, 2.45) is 0 Å². The molecule has 116 valence electrons. The zero-order valence-corrected chi connectivity index (χ0v) is 13.7. The predicted molar refractivity (Wildman–Crippen MR) is 82.0 cm³/mol. The van der Waals surface area contributed by atoms with Gasteiger partial charge in [0.1, 0.15) is 10.6 Å². The number of carbonyl (C=O) groups is 1. The van der Waals surface area contributed by atoms with Crippen molar-refractivity contribution in [3.8, 4) is 0 Å². The van der Waals surface area contributed by atoms with E-state index in [-0.39, 0.29) is 11.3 Å². The number of hydrogen-bond donors (Lipinski definition) is 1. The summed E-state index contributed by atoms with van der Waals surface area (Å²) in [5.74, 6) is 0.588. The van der Waals surface area contributed by atoms with Crippen LogP contribution in [-0.4, -0.2) is 40.8 Å². The topological polar surface area (TPSA) is 67.3 Å². The van der Waals surface area contributed by atoms with Crippen LogP contribution in [0.15, 0.2) is 6.20 Å². The highest BCUT2D eigenvalue weighted by molar-refractivity contribution is 6.33. The van der Waals surface area contributed by atoms with Crippen molar-refractivity contribution < 1.29 is 9.53 Å². The van der Waals surface area contributed by atoms with Gasteiger partial charge in [0, 0.05) is 13.1 Å². The molecule has 8 heteroatoms. The van der Waals surface area contributed by atoms with Crippen molar-refractivity contribution in [2.45, 2.75) is 38.8 Å². The van der Waals surface area contributed by atoms with Gasteiger partial charge in [-0.25, -0.2) is 9.78 Å². The number of carbonyl (C=O) groups excluding carboxylic acids is 1. The Labute approximate surface area is 133 Å². The minimum atomic E-state index is -0.508. The molecule has 6 nitrogen and oxygen atoms in total. The van der Waals surface area contributed by atoms with Crippen LogP contribution in [0.3, 0.4) is 0 Å². The Kier molecular flexibility index (Phi) is 4.78. The van der Waals surface area contributed by atoms with Gasteiger partial charge >= 0.3 is 6.09 Å². The van der Waals surface area contributed by atoms with Crippen LogP contribution in [-0.2, 0) is 4.74 Å². The van der Waals surface area contributed by atoms with Crippen LogP contribution in [0.25, 0.3) is 0 Å². The zero-order valence-electron chi connectivity index (χ0n) is 12.2. The minimum absolute atomic E-state index is 0.00958. The van der Waals surface area contributed by atoms with Crippen molar-refractivity contribution in [1.82, 2.24) is 15.3 Å². The van der Waals surface area contributed by atoms with Crippen LogP contribution >= 0.6 is 23.2 Å². The maximum Gasteiger partial charge on any atom is 0.407 e. The van der Waals surface area contributed by atoms with Gasteiger partial charge in [0.25, 0.3) is 0 Å². The molecule has 1 amide bonds. The third-order valence-electron chi connectivity index (χ3n) is 2.90. The first kappa shape index (κ1) is 16.1. The fraction of sp³-hybridized carbons (Fsp3) is 0.615. The summed E-state index contributed by atoms with van der Waals surface area (Å²) < 4.78 is 5.24. The molecule has 0 aromatic carbocycles. The summed E-state index contributed by atoms with van der Waals surface area (Å²) in [5.41, 5.74) is -0.508. The van der Waals surface area contributed by atoms with Crippen LogP contribution in [0, 0.1) is 0 Å². The third-order valence-corrected chi connectivity index (χ3v) is 3.35. The van der Waals surface area contributed by atoms with E-state index in [1.807, 2.05) is 25.7 Å². The molecule has 1 atom stereocenters. The second-order valence-corrected chi connectivity index (χ2v) is 6.63. The van der Waals surface area contributed by atoms with E-state index in [4.69, 9.17) is 27.9 Å². The van der Waals surface area contributed by atoms with Crippen LogP contribution < -0.4 is 10.2 Å². The fourth-order valence-corrected chi connectivity index (χ4v) is 2.44. The number of halogens is 2. The monoisotopic (exact) mass is 332 g/mol. The smallest absolute Gasteiger partial charge is 0.407 e. The molecule has 2 rings (SSSR count). The molecule has 0 saturated carbocycles. The first-order valence-corrected chi connectivity index (χ1v) is 7.43. The third kappa shape index (κ3) is 4.61. The number of hydrogen-bond acceptors (Lipinski definition) is 5. The molecule has 1 N–H and O–H groups in total. The van der Waals surface area contributed by atoms with E-state index in [1.54, 1.807) is 0 Å². The average molecular weight is 333 g/mol. The van der Waals surface area contributed by atoms with E-state index < -0.39 is 11.7 Å². The number of alkyl carbamates (subject to hydrolysis) is 1. The molecule has 1 aliphatic rings. The van der Waals surface area contributed by atoms with Gasteiger partial charge in [-0.3, -0.25) is 0 Å². The van der Waals surface area contributed by atoms with Crippen LogP contribution in [0.1, 0.15) is 27.2 Å². The lowest BCUT2D eigenvalue weighted by molar-refractivity contribution is 0.0509. The lowest BCUT2D eigenvalue weighted by Crippen LogP contribution is -2.40. The Bertz CT molecular complexity index is 533. The number of ether oxygens (including phenoxy) is 1. The molecule has 0 bridgehead atoms. The summed E-state index contributed by atoms with van der Waals surface area (Å²) >= 11 is 11.9. The summed E-state index contributed by atoms with van der Waals surface area (Å²) in [5, 5.41) is 3.44. The molecular formula is C13H18Cl2N4O2. The predicted octanol–water partition coefficient (Wildman–Crippen LogP) is 2.89. The number of nitrogens with zero attached hydrogens (tertiary/aromatic N) is 3. The van der Waals surface area contributed by atoms with E-state index in [2.05, 4.69) is 15.3 Å². The van der Waals surface area contributed by atoms with Gasteiger partial charge in [0.15, 0.2) is 5.82 Å². The summed E-state index contributed by atoms with van der Waals surface area (Å²) in [4.78, 5) is 21.7. The van der Waals surface area contributed by atoms with E-state index in [0.29, 0.717) is 17.4 Å². The normalized spacial score (nSPS) is 18.7. The van der Waals surface area contributed by atoms with Gasteiger partial charge in [-0.2, -0.15) is 4.98 Å². The van der Waals surface area contributed by atoms with Gasteiger partial charge in [-0.15, -0.1) is 0 Å². The van der Waals surface area contributed by atoms with Gasteiger partial charge in [0.2, 0.25) is 5.28 Å². The first-order chi connectivity index (χ1) is 9.74. The molecule has 0 aliphatic carbocycles. The Hall–Kier alpha value is -1.27. The fourth-order valence-electron chi connectivity index (χ4n) is 2.10. The quantitative estimate of drug-likeness (QED) is 0.843. The second-order valence-electron chi connectivity index (χ2n) is 5.89. The summed E-state index contributed by atoms with van der Waals surface area (Å²) in [7, 11) is 0. The summed E-state index contributed by atoms with van der Waals surface area (Å²) in [6, 6.07) is -0.00958. The highest BCUT2D eigenvalue weighted by atomic mass is 35.5. The Balaban J connectivity index is 1.95. The molecule has 1 unspecified atom stereocenters. The van der Waals surface area contributed by atoms with Crippen molar-refractivity contribution in [1.29, 1.82) is 0 Å². The Morgan fingerprint density at radius 3 is 2.86 bits per heavy atom. The van der Waals surface area contributed by atoms with Crippen molar-refractivity contribution in [3.05, 3.63) is 16.5 Å². The number of rotatable bonds is 2. The zero-order chi connectivity index (χ0) is 15.6. The number of aromatic nitrogens is 2. The van der Waals surface area contributed by atoms with Crippen LogP contribution in [0.4, 0.5) is 10.6 Å². The van der Waals surface area contributed by atoms with Crippen LogP contribution in [0.5, 0.6) is 0 Å². The molecule has 1 saturated heterocycles. The van der Waals surface area contributed by atoms with Crippen LogP contribution in [0.2, 0.25) is 10.3 Å². The maximum absolute atomic E-state index is 11.8. The summed E-state index contributed by atoms with van der Waals surface area (Å²) in [6.07, 6.45) is 1.85. The molecule has 21 heavy (non-hydrogen) atoms. The highest BCUT2D eigenvalue weighted by Crippen LogP contribution is 2.27. The largest absolute Gasteiger partial charge is 0.444 e. The molecular weight excluding hydrogens is 315 g/mol. The lowest BCUT2D eigenvalue weighted by Gasteiger charge is -2.22. The molecule has 1 aliphatic heterocycles. The van der Waals surface area contributed by atoms with Crippen molar-refractivity contribution in [3.63, 3.8) is 0 Å². The van der Waals surface area contributed by atoms with Gasteiger partial charge in [0.05, 0.1) is 12.2 Å². The van der Waals surface area contributed by atoms with Crippen molar-refractivity contribution in [2.75, 3.05) is 18.0 Å². The highest BCUT2D eigenvalue weighted by Gasteiger charge is 2.28. The number of nitrogens with one attached hydrogen (secondary N) is 1. The van der Waals surface area contributed by atoms with E-state index in [1.165, 1.54) is 6.20 Å². The SMILES string of the molecule is CC(C)(C)OC(=O)NC1CCN(c2nc(Cl)ncc2Cl)C1.